The highest BCUT2D eigenvalue weighted by atomic mass is 35.5. The molecule has 0 spiro atoms. The summed E-state index contributed by atoms with van der Waals surface area (Å²) in [5, 5.41) is 7.04. The van der Waals surface area contributed by atoms with Gasteiger partial charge in [0, 0.05) is 29.7 Å². The van der Waals surface area contributed by atoms with Gasteiger partial charge in [-0.25, -0.2) is 4.39 Å². The number of nitrogens with one attached hydrogen (secondary N) is 2. The maximum atomic E-state index is 13.4. The molecular weight excluding hydrogens is 250 g/mol. The van der Waals surface area contributed by atoms with Crippen LogP contribution in [0.15, 0.2) is 18.2 Å². The van der Waals surface area contributed by atoms with Crippen LogP contribution < -0.4 is 10.6 Å². The zero-order chi connectivity index (χ0) is 10.7. The van der Waals surface area contributed by atoms with Crippen molar-refractivity contribution in [1.29, 1.82) is 0 Å². The lowest BCUT2D eigenvalue weighted by atomic mass is 10.2. The van der Waals surface area contributed by atoms with Gasteiger partial charge in [0.1, 0.15) is 5.82 Å². The smallest absolute Gasteiger partial charge is 0.129 e. The zero-order valence-corrected chi connectivity index (χ0v) is 10.4. The van der Waals surface area contributed by atoms with E-state index in [1.54, 1.807) is 12.1 Å². The summed E-state index contributed by atoms with van der Waals surface area (Å²) in [5.41, 5.74) is 0.561. The van der Waals surface area contributed by atoms with E-state index >= 15 is 0 Å². The molecule has 2 rings (SSSR count). The zero-order valence-electron chi connectivity index (χ0n) is 8.80. The summed E-state index contributed by atoms with van der Waals surface area (Å²) in [7, 11) is 0. The second-order valence-corrected chi connectivity index (χ2v) is 4.18. The monoisotopic (exact) mass is 264 g/mol. The van der Waals surface area contributed by atoms with Crippen LogP contribution in [0.2, 0.25) is 5.02 Å². The van der Waals surface area contributed by atoms with Gasteiger partial charge in [0.15, 0.2) is 0 Å². The first-order valence-corrected chi connectivity index (χ1v) is 5.52. The van der Waals surface area contributed by atoms with Crippen LogP contribution in [0.1, 0.15) is 12.0 Å². The fraction of sp³-hybridized carbons (Fsp3) is 0.455. The van der Waals surface area contributed by atoms with Crippen LogP contribution in [-0.4, -0.2) is 19.1 Å². The molecule has 1 saturated heterocycles. The predicted molar refractivity (Wildman–Crippen MR) is 66.8 cm³/mol. The summed E-state index contributed by atoms with van der Waals surface area (Å²) >= 11 is 5.92. The average Bonchev–Trinajstić information content (AvgIpc) is 2.70. The van der Waals surface area contributed by atoms with Gasteiger partial charge in [-0.1, -0.05) is 17.7 Å². The summed E-state index contributed by atoms with van der Waals surface area (Å²) in [6, 6.07) is 5.21. The van der Waals surface area contributed by atoms with E-state index in [4.69, 9.17) is 11.6 Å². The summed E-state index contributed by atoms with van der Waals surface area (Å²) in [5.74, 6) is -0.235. The Morgan fingerprint density at radius 2 is 2.31 bits per heavy atom. The molecule has 0 unspecified atom stereocenters. The number of halogens is 3. The Morgan fingerprint density at radius 3 is 2.94 bits per heavy atom. The highest BCUT2D eigenvalue weighted by molar-refractivity contribution is 6.31. The van der Waals surface area contributed by atoms with Crippen molar-refractivity contribution in [1.82, 2.24) is 10.6 Å². The lowest BCUT2D eigenvalue weighted by Crippen LogP contribution is -2.30. The van der Waals surface area contributed by atoms with Gasteiger partial charge < -0.3 is 10.6 Å². The summed E-state index contributed by atoms with van der Waals surface area (Å²) < 4.78 is 13.4. The second-order valence-electron chi connectivity index (χ2n) is 3.77. The Kier molecular flexibility index (Phi) is 5.49. The molecule has 1 aromatic carbocycles. The van der Waals surface area contributed by atoms with Gasteiger partial charge in [-0.05, 0) is 25.1 Å². The third-order valence-corrected chi connectivity index (χ3v) is 3.04. The number of hydrogen-bond donors (Lipinski definition) is 2. The van der Waals surface area contributed by atoms with Crippen LogP contribution in [0.4, 0.5) is 4.39 Å². The van der Waals surface area contributed by atoms with Crippen LogP contribution >= 0.6 is 24.0 Å². The van der Waals surface area contributed by atoms with Crippen molar-refractivity contribution in [2.45, 2.75) is 19.0 Å². The highest BCUT2D eigenvalue weighted by Crippen LogP contribution is 2.18. The molecule has 2 nitrogen and oxygen atoms in total. The molecule has 1 heterocycles. The molecule has 0 saturated carbocycles. The standard InChI is InChI=1S/C11H14ClFN2.ClH/c12-10-2-1-3-11(13)9(10)7-15-8-4-5-14-6-8;/h1-3,8,14-15H,4-7H2;1H/t8-;/m0./s1. The van der Waals surface area contributed by atoms with Crippen molar-refractivity contribution >= 4 is 24.0 Å². The summed E-state index contributed by atoms with van der Waals surface area (Å²) in [6.45, 7) is 2.48. The lowest BCUT2D eigenvalue weighted by Gasteiger charge is -2.12. The maximum Gasteiger partial charge on any atom is 0.129 e. The normalized spacial score (nSPS) is 19.5. The van der Waals surface area contributed by atoms with Crippen molar-refractivity contribution in [3.05, 3.63) is 34.6 Å². The van der Waals surface area contributed by atoms with Gasteiger partial charge in [-0.15, -0.1) is 12.4 Å². The van der Waals surface area contributed by atoms with E-state index in [-0.39, 0.29) is 18.2 Å². The molecule has 90 valence electrons. The summed E-state index contributed by atoms with van der Waals surface area (Å²) in [6.07, 6.45) is 1.09. The Hall–Kier alpha value is -0.350. The second kappa shape index (κ2) is 6.40. The average molecular weight is 265 g/mol. The molecule has 0 bridgehead atoms. The van der Waals surface area contributed by atoms with E-state index in [0.717, 1.165) is 19.5 Å². The van der Waals surface area contributed by atoms with Crippen molar-refractivity contribution in [2.75, 3.05) is 13.1 Å². The van der Waals surface area contributed by atoms with Gasteiger partial charge in [-0.2, -0.15) is 0 Å². The number of rotatable bonds is 3. The minimum atomic E-state index is -0.235. The van der Waals surface area contributed by atoms with E-state index in [9.17, 15) is 4.39 Å². The first-order valence-electron chi connectivity index (χ1n) is 5.14. The molecule has 0 radical (unpaired) electrons. The molecule has 1 aliphatic rings. The predicted octanol–water partition coefficient (Wildman–Crippen LogP) is 2.35. The molecule has 5 heteroatoms. The Balaban J connectivity index is 0.00000128. The molecule has 1 aliphatic heterocycles. The molecule has 1 aromatic rings. The third-order valence-electron chi connectivity index (χ3n) is 2.69. The fourth-order valence-corrected chi connectivity index (χ4v) is 2.01. The van der Waals surface area contributed by atoms with E-state index in [0.29, 0.717) is 23.2 Å². The number of hydrogen-bond acceptors (Lipinski definition) is 2. The molecule has 2 N–H and O–H groups in total. The quantitative estimate of drug-likeness (QED) is 0.876. The Morgan fingerprint density at radius 1 is 1.50 bits per heavy atom. The molecule has 0 amide bonds. The van der Waals surface area contributed by atoms with E-state index in [1.165, 1.54) is 6.07 Å². The van der Waals surface area contributed by atoms with E-state index in [1.807, 2.05) is 0 Å². The first kappa shape index (κ1) is 13.7. The van der Waals surface area contributed by atoms with Crippen molar-refractivity contribution in [3.8, 4) is 0 Å². The van der Waals surface area contributed by atoms with Gasteiger partial charge >= 0.3 is 0 Å². The highest BCUT2D eigenvalue weighted by Gasteiger charge is 2.15. The van der Waals surface area contributed by atoms with Crippen molar-refractivity contribution < 1.29 is 4.39 Å². The van der Waals surface area contributed by atoms with E-state index in [2.05, 4.69) is 10.6 Å². The topological polar surface area (TPSA) is 24.1 Å². The van der Waals surface area contributed by atoms with Crippen molar-refractivity contribution in [3.63, 3.8) is 0 Å². The van der Waals surface area contributed by atoms with Crippen LogP contribution in [-0.2, 0) is 6.54 Å². The van der Waals surface area contributed by atoms with Crippen LogP contribution in [0.25, 0.3) is 0 Å². The van der Waals surface area contributed by atoms with Crippen LogP contribution in [0, 0.1) is 5.82 Å². The van der Waals surface area contributed by atoms with Gasteiger partial charge in [0.05, 0.1) is 0 Å². The minimum absolute atomic E-state index is 0. The minimum Gasteiger partial charge on any atom is -0.315 e. The van der Waals surface area contributed by atoms with E-state index < -0.39 is 0 Å². The third kappa shape index (κ3) is 3.32. The SMILES string of the molecule is Cl.Fc1cccc(Cl)c1CN[C@H]1CCNC1. The fourth-order valence-electron chi connectivity index (χ4n) is 1.78. The Bertz CT molecular complexity index is 321. The van der Waals surface area contributed by atoms with Crippen molar-refractivity contribution in [2.24, 2.45) is 0 Å². The number of benzene rings is 1. The van der Waals surface area contributed by atoms with Crippen LogP contribution in [0.5, 0.6) is 0 Å². The molecule has 1 fully saturated rings. The Labute approximate surface area is 106 Å². The molecule has 0 aromatic heterocycles. The van der Waals surface area contributed by atoms with Crippen LogP contribution in [0.3, 0.4) is 0 Å². The lowest BCUT2D eigenvalue weighted by molar-refractivity contribution is 0.527. The molecule has 16 heavy (non-hydrogen) atoms. The van der Waals surface area contributed by atoms with Gasteiger partial charge in [-0.3, -0.25) is 0 Å². The largest absolute Gasteiger partial charge is 0.315 e. The van der Waals surface area contributed by atoms with Gasteiger partial charge in [0.25, 0.3) is 0 Å². The first-order chi connectivity index (χ1) is 7.27. The summed E-state index contributed by atoms with van der Waals surface area (Å²) in [4.78, 5) is 0. The maximum absolute atomic E-state index is 13.4. The van der Waals surface area contributed by atoms with Gasteiger partial charge in [0.2, 0.25) is 0 Å². The molecular formula is C11H15Cl2FN2. The molecule has 0 aliphatic carbocycles. The molecule has 1 atom stereocenters.